The Morgan fingerprint density at radius 2 is 1.56 bits per heavy atom. The molecule has 0 radical (unpaired) electrons. The number of amides is 2. The van der Waals surface area contributed by atoms with Crippen molar-refractivity contribution < 1.29 is 28.6 Å². The van der Waals surface area contributed by atoms with Crippen LogP contribution in [0.25, 0.3) is 0 Å². The number of nitrogens with one attached hydrogen (secondary N) is 1. The van der Waals surface area contributed by atoms with E-state index < -0.39 is 23.9 Å². The Hall–Kier alpha value is -4.56. The molecule has 0 saturated carbocycles. The van der Waals surface area contributed by atoms with Gasteiger partial charge in [-0.25, -0.2) is 4.39 Å². The maximum atomic E-state index is 13.5. The molecule has 0 aliphatic carbocycles. The van der Waals surface area contributed by atoms with E-state index in [0.717, 1.165) is 11.1 Å². The Morgan fingerprint density at radius 3 is 2.18 bits per heavy atom. The molecule has 8 heteroatoms. The molecular formula is C37H43FN2O5. The molecular weight excluding hydrogens is 571 g/mol. The largest absolute Gasteiger partial charge is 0.455 e. The van der Waals surface area contributed by atoms with E-state index in [4.69, 9.17) is 4.74 Å². The van der Waals surface area contributed by atoms with E-state index >= 15 is 0 Å². The van der Waals surface area contributed by atoms with E-state index in [1.165, 1.54) is 17.0 Å². The predicted octanol–water partition coefficient (Wildman–Crippen LogP) is 5.95. The van der Waals surface area contributed by atoms with Crippen LogP contribution in [0.15, 0.2) is 110 Å². The fourth-order valence-electron chi connectivity index (χ4n) is 5.04. The number of aliphatic hydroxyl groups excluding tert-OH is 1. The molecule has 0 spiro atoms. The van der Waals surface area contributed by atoms with Crippen LogP contribution in [0.5, 0.6) is 0 Å². The van der Waals surface area contributed by atoms with Crippen LogP contribution in [-0.4, -0.2) is 47.5 Å². The van der Waals surface area contributed by atoms with Gasteiger partial charge in [-0.3, -0.25) is 14.4 Å². The molecule has 0 heterocycles. The molecule has 3 atom stereocenters. The molecule has 0 saturated heterocycles. The lowest BCUT2D eigenvalue weighted by Crippen LogP contribution is -2.39. The van der Waals surface area contributed by atoms with Gasteiger partial charge in [0.2, 0.25) is 11.8 Å². The number of carbonyl (C=O) groups excluding carboxylic acids is 3. The molecule has 0 unspecified atom stereocenters. The summed E-state index contributed by atoms with van der Waals surface area (Å²) in [7, 11) is 0. The Morgan fingerprint density at radius 1 is 0.889 bits per heavy atom. The summed E-state index contributed by atoms with van der Waals surface area (Å²) in [4.78, 5) is 41.7. The van der Waals surface area contributed by atoms with E-state index in [1.807, 2.05) is 60.7 Å². The summed E-state index contributed by atoms with van der Waals surface area (Å²) >= 11 is 0. The molecule has 3 aromatic rings. The van der Waals surface area contributed by atoms with Gasteiger partial charge in [0.25, 0.3) is 0 Å². The number of allylic oxidation sites excluding steroid dienone is 2. The standard InChI is InChI=1S/C37H43FN2O5/c1-3-5-15-32(24-28-18-20-33(38)21-19-28)37(44)45-34(30-16-10-7-11-17-30)26-39-36(43)31(12-4-2)25-35(42)40(22-23-41)27-29-13-8-6-9-14-29/h3-4,6-11,13-14,16-21,31-32,34,41H,1-2,5,12,15,22-27H2,(H,39,43)/t31-,32+,34-/m1/s1. The van der Waals surface area contributed by atoms with Crippen LogP contribution in [0.4, 0.5) is 4.39 Å². The summed E-state index contributed by atoms with van der Waals surface area (Å²) < 4.78 is 19.5. The molecule has 3 aromatic carbocycles. The third-order valence-corrected chi connectivity index (χ3v) is 7.52. The molecule has 2 amide bonds. The normalized spacial score (nSPS) is 12.8. The van der Waals surface area contributed by atoms with Crippen molar-refractivity contribution in [1.82, 2.24) is 10.2 Å². The quantitative estimate of drug-likeness (QED) is 0.128. The zero-order valence-electron chi connectivity index (χ0n) is 25.7. The van der Waals surface area contributed by atoms with E-state index in [1.54, 1.807) is 24.3 Å². The number of hydrogen-bond acceptors (Lipinski definition) is 5. The molecule has 3 rings (SSSR count). The fraction of sp³-hybridized carbons (Fsp3) is 0.324. The SMILES string of the molecule is C=CCC[C@@H](Cc1ccc(F)cc1)C(=O)O[C@H](CNC(=O)[C@H](CC=C)CC(=O)N(CCO)Cc1ccccc1)c1ccccc1. The third kappa shape index (κ3) is 11.8. The van der Waals surface area contributed by atoms with Gasteiger partial charge in [0, 0.05) is 19.5 Å². The highest BCUT2D eigenvalue weighted by molar-refractivity contribution is 5.86. The van der Waals surface area contributed by atoms with Gasteiger partial charge in [0.1, 0.15) is 11.9 Å². The minimum absolute atomic E-state index is 0.00547. The van der Waals surface area contributed by atoms with Crippen LogP contribution in [0.2, 0.25) is 0 Å². The van der Waals surface area contributed by atoms with Crippen LogP contribution in [-0.2, 0) is 32.1 Å². The number of esters is 1. The monoisotopic (exact) mass is 614 g/mol. The van der Waals surface area contributed by atoms with Crippen LogP contribution >= 0.6 is 0 Å². The maximum Gasteiger partial charge on any atom is 0.309 e. The predicted molar refractivity (Wildman–Crippen MR) is 173 cm³/mol. The lowest BCUT2D eigenvalue weighted by Gasteiger charge is -2.25. The first-order chi connectivity index (χ1) is 21.8. The highest BCUT2D eigenvalue weighted by Crippen LogP contribution is 2.23. The zero-order valence-corrected chi connectivity index (χ0v) is 25.7. The molecule has 238 valence electrons. The number of carbonyl (C=O) groups is 3. The van der Waals surface area contributed by atoms with Gasteiger partial charge in [-0.1, -0.05) is 84.9 Å². The first-order valence-electron chi connectivity index (χ1n) is 15.3. The molecule has 45 heavy (non-hydrogen) atoms. The van der Waals surface area contributed by atoms with Crippen molar-refractivity contribution in [1.29, 1.82) is 0 Å². The highest BCUT2D eigenvalue weighted by atomic mass is 19.1. The van der Waals surface area contributed by atoms with E-state index in [9.17, 15) is 23.9 Å². The molecule has 0 aliphatic heterocycles. The molecule has 0 fully saturated rings. The number of aliphatic hydroxyl groups is 1. The first kappa shape index (κ1) is 34.9. The number of nitrogens with zero attached hydrogens (tertiary/aromatic N) is 1. The van der Waals surface area contributed by atoms with Crippen LogP contribution in [0, 0.1) is 17.7 Å². The fourth-order valence-corrected chi connectivity index (χ4v) is 5.04. The number of rotatable bonds is 19. The molecule has 2 N–H and O–H groups in total. The Bertz CT molecular complexity index is 1360. The topological polar surface area (TPSA) is 95.9 Å². The third-order valence-electron chi connectivity index (χ3n) is 7.52. The molecule has 7 nitrogen and oxygen atoms in total. The molecule has 0 aromatic heterocycles. The van der Waals surface area contributed by atoms with Gasteiger partial charge >= 0.3 is 5.97 Å². The van der Waals surface area contributed by atoms with Crippen molar-refractivity contribution in [3.63, 3.8) is 0 Å². The van der Waals surface area contributed by atoms with Crippen molar-refractivity contribution in [2.75, 3.05) is 19.7 Å². The lowest BCUT2D eigenvalue weighted by atomic mass is 9.94. The average Bonchev–Trinajstić information content (AvgIpc) is 3.06. The second-order valence-electron chi connectivity index (χ2n) is 10.9. The lowest BCUT2D eigenvalue weighted by molar-refractivity contribution is -0.155. The smallest absolute Gasteiger partial charge is 0.309 e. The number of benzene rings is 3. The zero-order chi connectivity index (χ0) is 32.4. The van der Waals surface area contributed by atoms with Gasteiger partial charge in [0.05, 0.1) is 25.0 Å². The molecule has 0 aliphatic rings. The van der Waals surface area contributed by atoms with Crippen molar-refractivity contribution >= 4 is 17.8 Å². The van der Waals surface area contributed by atoms with E-state index in [2.05, 4.69) is 18.5 Å². The van der Waals surface area contributed by atoms with Crippen molar-refractivity contribution in [3.05, 3.63) is 133 Å². The number of halogens is 1. The van der Waals surface area contributed by atoms with Crippen LogP contribution in [0.1, 0.15) is 48.5 Å². The van der Waals surface area contributed by atoms with E-state index in [-0.39, 0.29) is 50.2 Å². The summed E-state index contributed by atoms with van der Waals surface area (Å²) in [5, 5.41) is 12.5. The summed E-state index contributed by atoms with van der Waals surface area (Å²) in [6.07, 6.45) is 4.24. The Kier molecular flexibility index (Phi) is 14.7. The van der Waals surface area contributed by atoms with Gasteiger partial charge in [0.15, 0.2) is 0 Å². The van der Waals surface area contributed by atoms with Gasteiger partial charge in [-0.2, -0.15) is 0 Å². The summed E-state index contributed by atoms with van der Waals surface area (Å²) in [6, 6.07) is 24.6. The van der Waals surface area contributed by atoms with Gasteiger partial charge < -0.3 is 20.1 Å². The highest BCUT2D eigenvalue weighted by Gasteiger charge is 2.28. The van der Waals surface area contributed by atoms with E-state index in [0.29, 0.717) is 31.4 Å². The van der Waals surface area contributed by atoms with Crippen LogP contribution in [0.3, 0.4) is 0 Å². The number of ether oxygens (including phenoxy) is 1. The Balaban J connectivity index is 1.71. The van der Waals surface area contributed by atoms with Crippen LogP contribution < -0.4 is 5.32 Å². The maximum absolute atomic E-state index is 13.5. The second kappa shape index (κ2) is 19.0. The summed E-state index contributed by atoms with van der Waals surface area (Å²) in [5.74, 6) is -2.59. The summed E-state index contributed by atoms with van der Waals surface area (Å²) in [6.45, 7) is 7.80. The first-order valence-corrected chi connectivity index (χ1v) is 15.3. The second-order valence-corrected chi connectivity index (χ2v) is 10.9. The van der Waals surface area contributed by atoms with Crippen molar-refractivity contribution in [2.45, 2.75) is 44.8 Å². The van der Waals surface area contributed by atoms with Gasteiger partial charge in [-0.15, -0.1) is 13.2 Å². The minimum atomic E-state index is -0.772. The van der Waals surface area contributed by atoms with Crippen molar-refractivity contribution in [2.24, 2.45) is 11.8 Å². The summed E-state index contributed by atoms with van der Waals surface area (Å²) in [5.41, 5.74) is 2.44. The Labute approximate surface area is 265 Å². The minimum Gasteiger partial charge on any atom is -0.455 e. The van der Waals surface area contributed by atoms with Crippen molar-refractivity contribution in [3.8, 4) is 0 Å². The average molecular weight is 615 g/mol. The molecule has 0 bridgehead atoms. The van der Waals surface area contributed by atoms with Gasteiger partial charge in [-0.05, 0) is 54.5 Å². The number of hydrogen-bond donors (Lipinski definition) is 2.